The van der Waals surface area contributed by atoms with Crippen LogP contribution < -0.4 is 5.73 Å². The number of carbonyl (C=O) groups excluding carboxylic acids is 2. The van der Waals surface area contributed by atoms with Crippen LogP contribution in [0.3, 0.4) is 0 Å². The Morgan fingerprint density at radius 1 is 0.431 bits per heavy atom. The van der Waals surface area contributed by atoms with Gasteiger partial charge in [0.2, 0.25) is 0 Å². The molecule has 2 atom stereocenters. The topological polar surface area (TPSA) is 134 Å². The second-order valence-electron chi connectivity index (χ2n) is 19.5. The summed E-state index contributed by atoms with van der Waals surface area (Å²) >= 11 is 0. The van der Waals surface area contributed by atoms with E-state index in [1.54, 1.807) is 0 Å². The molecule has 10 heteroatoms. The first-order chi connectivity index (χ1) is 35.3. The van der Waals surface area contributed by atoms with Gasteiger partial charge in [0.25, 0.3) is 0 Å². The molecule has 0 bridgehead atoms. The van der Waals surface area contributed by atoms with Gasteiger partial charge in [-0.05, 0) is 89.9 Å². The molecule has 0 aromatic heterocycles. The zero-order valence-corrected chi connectivity index (χ0v) is 47.3. The number of unbranched alkanes of at least 4 members (excludes halogenated alkanes) is 28. The summed E-state index contributed by atoms with van der Waals surface area (Å²) in [5.41, 5.74) is 5.37. The van der Waals surface area contributed by atoms with Gasteiger partial charge >= 0.3 is 19.8 Å². The molecular formula is C62H110NO8P. The smallest absolute Gasteiger partial charge is 0.462 e. The highest BCUT2D eigenvalue weighted by Crippen LogP contribution is 2.43. The minimum absolute atomic E-state index is 0.0512. The molecular weight excluding hydrogens is 918 g/mol. The number of rotatable bonds is 55. The van der Waals surface area contributed by atoms with Crippen molar-refractivity contribution in [3.05, 3.63) is 85.1 Å². The lowest BCUT2D eigenvalue weighted by atomic mass is 10.0. The van der Waals surface area contributed by atoms with E-state index in [-0.39, 0.29) is 38.6 Å². The number of hydrogen-bond acceptors (Lipinski definition) is 8. The van der Waals surface area contributed by atoms with Crippen LogP contribution >= 0.6 is 7.82 Å². The molecule has 9 nitrogen and oxygen atoms in total. The maximum atomic E-state index is 12.7. The Kier molecular flexibility index (Phi) is 55.2. The molecule has 0 heterocycles. The van der Waals surface area contributed by atoms with Crippen molar-refractivity contribution in [3.63, 3.8) is 0 Å². The van der Waals surface area contributed by atoms with E-state index in [2.05, 4.69) is 98.9 Å². The monoisotopic (exact) mass is 1030 g/mol. The molecule has 72 heavy (non-hydrogen) atoms. The van der Waals surface area contributed by atoms with Gasteiger partial charge in [0.15, 0.2) is 6.10 Å². The second-order valence-corrected chi connectivity index (χ2v) is 20.9. The molecule has 0 aliphatic rings. The Hall–Kier alpha value is -2.81. The number of hydrogen-bond donors (Lipinski definition) is 2. The average molecular weight is 1030 g/mol. The van der Waals surface area contributed by atoms with Gasteiger partial charge in [-0.3, -0.25) is 18.6 Å². The van der Waals surface area contributed by atoms with E-state index in [1.165, 1.54) is 135 Å². The Bertz CT molecular complexity index is 1450. The fourth-order valence-corrected chi connectivity index (χ4v) is 8.93. The van der Waals surface area contributed by atoms with E-state index in [0.29, 0.717) is 6.42 Å². The molecule has 416 valence electrons. The van der Waals surface area contributed by atoms with Crippen LogP contribution in [0.15, 0.2) is 85.1 Å². The lowest BCUT2D eigenvalue weighted by Gasteiger charge is -2.19. The van der Waals surface area contributed by atoms with Crippen LogP contribution in [0.25, 0.3) is 0 Å². The Morgan fingerprint density at radius 2 is 0.764 bits per heavy atom. The molecule has 0 aliphatic carbocycles. The van der Waals surface area contributed by atoms with Crippen LogP contribution in [0.2, 0.25) is 0 Å². The molecule has 0 aromatic carbocycles. The van der Waals surface area contributed by atoms with Gasteiger partial charge in [-0.15, -0.1) is 0 Å². The van der Waals surface area contributed by atoms with E-state index in [1.807, 2.05) is 0 Å². The first-order valence-corrected chi connectivity index (χ1v) is 31.1. The Balaban J connectivity index is 3.85. The van der Waals surface area contributed by atoms with Crippen LogP contribution in [0.4, 0.5) is 0 Å². The molecule has 0 saturated carbocycles. The van der Waals surface area contributed by atoms with Crippen LogP contribution in [0.5, 0.6) is 0 Å². The maximum absolute atomic E-state index is 12.7. The van der Waals surface area contributed by atoms with E-state index >= 15 is 0 Å². The van der Waals surface area contributed by atoms with Gasteiger partial charge in [0, 0.05) is 19.4 Å². The summed E-state index contributed by atoms with van der Waals surface area (Å²) in [6, 6.07) is 0. The highest BCUT2D eigenvalue weighted by Gasteiger charge is 2.26. The maximum Gasteiger partial charge on any atom is 0.472 e. The molecule has 0 radical (unpaired) electrons. The molecule has 0 aromatic rings. The summed E-state index contributed by atoms with van der Waals surface area (Å²) in [7, 11) is -4.39. The summed E-state index contributed by atoms with van der Waals surface area (Å²) in [5.74, 6) is -0.832. The number of nitrogens with two attached hydrogens (primary N) is 1. The van der Waals surface area contributed by atoms with Gasteiger partial charge in [0.05, 0.1) is 13.2 Å². The van der Waals surface area contributed by atoms with Crippen LogP contribution in [-0.4, -0.2) is 49.3 Å². The van der Waals surface area contributed by atoms with Crippen LogP contribution in [0.1, 0.15) is 264 Å². The highest BCUT2D eigenvalue weighted by molar-refractivity contribution is 7.47. The molecule has 0 spiro atoms. The minimum atomic E-state index is -4.39. The van der Waals surface area contributed by atoms with Crippen molar-refractivity contribution < 1.29 is 37.6 Å². The largest absolute Gasteiger partial charge is 0.472 e. The average Bonchev–Trinajstić information content (AvgIpc) is 3.37. The van der Waals surface area contributed by atoms with Crippen LogP contribution in [-0.2, 0) is 32.7 Å². The SMILES string of the molecule is CC/C=C\C/C=C\C/C=C\C/C=C\C/C=C\C/C=C\CCCCCCCCCCCCCCCCCCCCC(=O)OC(COC(=O)CCCCCCC/C=C\CCCCCCC)COP(=O)(O)OCCN. The van der Waals surface area contributed by atoms with E-state index in [9.17, 15) is 19.0 Å². The summed E-state index contributed by atoms with van der Waals surface area (Å²) < 4.78 is 33.0. The molecule has 0 saturated heterocycles. The van der Waals surface area contributed by atoms with Crippen molar-refractivity contribution in [2.24, 2.45) is 5.73 Å². The Morgan fingerprint density at radius 3 is 1.15 bits per heavy atom. The predicted octanol–water partition coefficient (Wildman–Crippen LogP) is 18.7. The highest BCUT2D eigenvalue weighted by atomic mass is 31.2. The lowest BCUT2D eigenvalue weighted by Crippen LogP contribution is -2.29. The fourth-order valence-electron chi connectivity index (χ4n) is 8.16. The van der Waals surface area contributed by atoms with Crippen molar-refractivity contribution in [2.75, 3.05) is 26.4 Å². The molecule has 3 N–H and O–H groups in total. The zero-order valence-electron chi connectivity index (χ0n) is 46.4. The fraction of sp³-hybridized carbons (Fsp3) is 0.742. The molecule has 2 unspecified atom stereocenters. The summed E-state index contributed by atoms with van der Waals surface area (Å²) in [5, 5.41) is 0. The number of phosphoric acid groups is 1. The van der Waals surface area contributed by atoms with Gasteiger partial charge in [-0.1, -0.05) is 247 Å². The first kappa shape index (κ1) is 69.2. The lowest BCUT2D eigenvalue weighted by molar-refractivity contribution is -0.161. The van der Waals surface area contributed by atoms with Crippen molar-refractivity contribution in [3.8, 4) is 0 Å². The zero-order chi connectivity index (χ0) is 52.4. The first-order valence-electron chi connectivity index (χ1n) is 29.6. The van der Waals surface area contributed by atoms with Crippen molar-refractivity contribution in [1.29, 1.82) is 0 Å². The molecule has 0 amide bonds. The third-order valence-electron chi connectivity index (χ3n) is 12.5. The number of ether oxygens (including phenoxy) is 2. The molecule has 0 fully saturated rings. The van der Waals surface area contributed by atoms with E-state index in [0.717, 1.165) is 96.3 Å². The van der Waals surface area contributed by atoms with Crippen molar-refractivity contribution in [1.82, 2.24) is 0 Å². The minimum Gasteiger partial charge on any atom is -0.462 e. The van der Waals surface area contributed by atoms with Gasteiger partial charge in [-0.25, -0.2) is 4.57 Å². The second kappa shape index (κ2) is 57.5. The van der Waals surface area contributed by atoms with E-state index < -0.39 is 26.5 Å². The molecule has 0 rings (SSSR count). The Labute approximate surface area is 443 Å². The third kappa shape index (κ3) is 56.5. The predicted molar refractivity (Wildman–Crippen MR) is 307 cm³/mol. The standard InChI is InChI=1S/C62H110NO8P/c1-3-5-7-9-11-13-15-17-19-20-21-22-23-24-25-26-27-28-29-30-31-32-33-34-35-36-37-38-39-40-41-43-45-47-49-51-53-55-62(65)71-60(59-70-72(66,67)69-57-56-63)58-68-61(64)54-52-50-48-46-44-42-18-16-14-12-10-8-6-4-2/h5,7,11,13,16-19,21-22,24-25,27-28,60H,3-4,6,8-10,12,14-15,20,23,26,29-59,63H2,1-2H3,(H,66,67)/b7-5-,13-11-,18-16-,19-17-,22-21-,25-24-,28-27-. The number of carbonyl (C=O) groups is 2. The summed E-state index contributed by atoms with van der Waals surface area (Å²) in [4.78, 5) is 35.1. The molecule has 0 aliphatic heterocycles. The number of phosphoric ester groups is 1. The van der Waals surface area contributed by atoms with Gasteiger partial charge < -0.3 is 20.1 Å². The third-order valence-corrected chi connectivity index (χ3v) is 13.5. The number of esters is 2. The summed E-state index contributed by atoms with van der Waals surface area (Å²) in [6.45, 7) is 3.62. The van der Waals surface area contributed by atoms with Gasteiger partial charge in [0.1, 0.15) is 6.61 Å². The quantitative estimate of drug-likeness (QED) is 0.0264. The van der Waals surface area contributed by atoms with Crippen LogP contribution in [0, 0.1) is 0 Å². The normalized spacial score (nSPS) is 13.7. The number of allylic oxidation sites excluding steroid dienone is 14. The summed E-state index contributed by atoms with van der Waals surface area (Å²) in [6.07, 6.45) is 75.1. The van der Waals surface area contributed by atoms with Crippen molar-refractivity contribution in [2.45, 2.75) is 270 Å². The van der Waals surface area contributed by atoms with Gasteiger partial charge in [-0.2, -0.15) is 0 Å². The van der Waals surface area contributed by atoms with Crippen molar-refractivity contribution >= 4 is 19.8 Å². The van der Waals surface area contributed by atoms with E-state index in [4.69, 9.17) is 24.3 Å².